The third kappa shape index (κ3) is 13.1. The molecule has 1 heterocycles. The van der Waals surface area contributed by atoms with Crippen LogP contribution in [-0.2, 0) is 9.59 Å². The van der Waals surface area contributed by atoms with Crippen LogP contribution in [0.3, 0.4) is 0 Å². The second kappa shape index (κ2) is 15.4. The summed E-state index contributed by atoms with van der Waals surface area (Å²) in [6.45, 7) is 8.54. The number of ketones is 1. The third-order valence-corrected chi connectivity index (χ3v) is 5.71. The lowest BCUT2D eigenvalue weighted by Gasteiger charge is -2.17. The number of halogens is 1. The van der Waals surface area contributed by atoms with Crippen LogP contribution < -0.4 is 11.1 Å². The number of rotatable bonds is 15. The molecule has 0 radical (unpaired) electrons. The summed E-state index contributed by atoms with van der Waals surface area (Å²) in [4.78, 5) is 27.4. The topological polar surface area (TPSA) is 85.1 Å². The van der Waals surface area contributed by atoms with E-state index < -0.39 is 17.8 Å². The zero-order valence-electron chi connectivity index (χ0n) is 19.6. The van der Waals surface area contributed by atoms with Crippen LogP contribution in [-0.4, -0.2) is 34.2 Å². The second-order valence-corrected chi connectivity index (χ2v) is 9.24. The second-order valence-electron chi connectivity index (χ2n) is 8.17. The first-order chi connectivity index (χ1) is 15.2. The molecule has 0 saturated heterocycles. The lowest BCUT2D eigenvalue weighted by Crippen LogP contribution is -2.35. The number of carbonyl (C=O) groups is 2. The Morgan fingerprint density at radius 3 is 2.34 bits per heavy atom. The van der Waals surface area contributed by atoms with Crippen LogP contribution in [0.4, 0.5) is 10.2 Å². The fourth-order valence-corrected chi connectivity index (χ4v) is 3.92. The number of hydrogen-bond donors (Lipinski definition) is 2. The quantitative estimate of drug-likeness (QED) is 0.202. The number of nitrogens with one attached hydrogen (secondary N) is 1. The molecular weight excluding hydrogens is 425 g/mol. The molecule has 176 valence electrons. The highest BCUT2D eigenvalue weighted by atomic mass is 32.2. The normalized spacial score (nSPS) is 12.9. The molecule has 1 aromatic heterocycles. The van der Waals surface area contributed by atoms with E-state index in [0.29, 0.717) is 11.6 Å². The summed E-state index contributed by atoms with van der Waals surface area (Å²) < 4.78 is 13.1. The average Bonchev–Trinajstić information content (AvgIpc) is 2.70. The molecule has 0 aliphatic carbocycles. The summed E-state index contributed by atoms with van der Waals surface area (Å²) in [7, 11) is 0. The van der Waals surface area contributed by atoms with Crippen molar-refractivity contribution in [3.63, 3.8) is 0 Å². The van der Waals surface area contributed by atoms with Crippen LogP contribution in [0.2, 0.25) is 0 Å². The van der Waals surface area contributed by atoms with E-state index in [1.54, 1.807) is 11.8 Å². The minimum atomic E-state index is -0.668. The summed E-state index contributed by atoms with van der Waals surface area (Å²) in [5.74, 6) is 0.174. The van der Waals surface area contributed by atoms with Crippen LogP contribution >= 0.6 is 11.8 Å². The van der Waals surface area contributed by atoms with Gasteiger partial charge in [0.25, 0.3) is 0 Å². The molecule has 0 aromatic carbocycles. The minimum absolute atomic E-state index is 0.300. The Kier molecular flexibility index (Phi) is 13.3. The highest BCUT2D eigenvalue weighted by Crippen LogP contribution is 2.15. The van der Waals surface area contributed by atoms with Gasteiger partial charge in [-0.2, -0.15) is 11.8 Å². The van der Waals surface area contributed by atoms with Gasteiger partial charge in [-0.3, -0.25) is 9.59 Å². The van der Waals surface area contributed by atoms with Crippen molar-refractivity contribution in [2.45, 2.75) is 65.8 Å². The van der Waals surface area contributed by atoms with E-state index in [9.17, 15) is 14.0 Å². The van der Waals surface area contributed by atoms with Crippen LogP contribution in [0.5, 0.6) is 0 Å². The molecule has 1 rings (SSSR count). The summed E-state index contributed by atoms with van der Waals surface area (Å²) in [6, 6.07) is 2.11. The Morgan fingerprint density at radius 1 is 1.09 bits per heavy atom. The van der Waals surface area contributed by atoms with E-state index in [4.69, 9.17) is 5.73 Å². The Bertz CT molecular complexity index is 828. The summed E-state index contributed by atoms with van der Waals surface area (Å²) >= 11 is 1.59. The van der Waals surface area contributed by atoms with Crippen LogP contribution in [0.25, 0.3) is 0 Å². The Labute approximate surface area is 195 Å². The van der Waals surface area contributed by atoms with E-state index in [1.807, 2.05) is 0 Å². The first-order valence-corrected chi connectivity index (χ1v) is 12.0. The van der Waals surface area contributed by atoms with Crippen molar-refractivity contribution in [1.82, 2.24) is 4.98 Å². The molecule has 0 bridgehead atoms. The third-order valence-electron chi connectivity index (χ3n) is 4.74. The number of primary amides is 1. The molecule has 0 aliphatic rings. The molecule has 1 aromatic rings. The Morgan fingerprint density at radius 2 is 1.75 bits per heavy atom. The van der Waals surface area contributed by atoms with Gasteiger partial charge >= 0.3 is 0 Å². The highest BCUT2D eigenvalue weighted by molar-refractivity contribution is 7.99. The summed E-state index contributed by atoms with van der Waals surface area (Å²) in [6.07, 6.45) is 11.7. The number of aromatic nitrogens is 1. The zero-order valence-corrected chi connectivity index (χ0v) is 20.4. The largest absolute Gasteiger partial charge is 0.369 e. The number of anilines is 1. The van der Waals surface area contributed by atoms with Gasteiger partial charge in [-0.25, -0.2) is 9.37 Å². The van der Waals surface area contributed by atoms with Crippen molar-refractivity contribution < 1.29 is 14.0 Å². The lowest BCUT2D eigenvalue weighted by molar-refractivity contribution is -0.126. The standard InChI is InChI=1S/C25H36FN3O2S/c1-18(2)7-5-8-19(3)9-6-10-20(4)13-14-32-17-22(23(30)15-24(27)31)29-25-12-11-21(26)16-28-25/h7,9,11-13,16,22H,5-6,8,10,14-15,17H2,1-4H3,(H2,27,31)(H,28,29). The molecule has 1 unspecified atom stereocenters. The first kappa shape index (κ1) is 27.6. The number of Topliss-reactive ketones (excluding diaryl/α,β-unsaturated/α-hetero) is 1. The minimum Gasteiger partial charge on any atom is -0.369 e. The molecular formula is C25H36FN3O2S. The molecule has 32 heavy (non-hydrogen) atoms. The maximum Gasteiger partial charge on any atom is 0.224 e. The molecule has 5 nitrogen and oxygen atoms in total. The average molecular weight is 462 g/mol. The number of carbonyl (C=O) groups excluding carboxylic acids is 2. The van der Waals surface area contributed by atoms with Gasteiger partial charge in [-0.15, -0.1) is 0 Å². The highest BCUT2D eigenvalue weighted by Gasteiger charge is 2.20. The Hall–Kier alpha value is -2.41. The van der Waals surface area contributed by atoms with Crippen LogP contribution in [0.1, 0.15) is 59.8 Å². The van der Waals surface area contributed by atoms with Gasteiger partial charge in [0.15, 0.2) is 5.78 Å². The van der Waals surface area contributed by atoms with Gasteiger partial charge in [0, 0.05) is 11.5 Å². The van der Waals surface area contributed by atoms with Crippen molar-refractivity contribution in [3.8, 4) is 0 Å². The van der Waals surface area contributed by atoms with Gasteiger partial charge in [-0.1, -0.05) is 34.9 Å². The molecule has 7 heteroatoms. The van der Waals surface area contributed by atoms with Crippen molar-refractivity contribution >= 4 is 29.3 Å². The number of nitrogens with zero attached hydrogens (tertiary/aromatic N) is 1. The molecule has 1 atom stereocenters. The maximum atomic E-state index is 13.1. The number of hydrogen-bond acceptors (Lipinski definition) is 5. The van der Waals surface area contributed by atoms with Crippen molar-refractivity contribution in [1.29, 1.82) is 0 Å². The van der Waals surface area contributed by atoms with E-state index in [-0.39, 0.29) is 12.2 Å². The number of nitrogens with two attached hydrogens (primary N) is 1. The molecule has 3 N–H and O–H groups in total. The number of thioether (sulfide) groups is 1. The summed E-state index contributed by atoms with van der Waals surface area (Å²) in [5.41, 5.74) is 9.25. The van der Waals surface area contributed by atoms with Gasteiger partial charge in [0.1, 0.15) is 11.6 Å². The number of amides is 1. The molecule has 0 aliphatic heterocycles. The molecule has 0 spiro atoms. The molecule has 0 fully saturated rings. The molecule has 1 amide bonds. The van der Waals surface area contributed by atoms with Crippen LogP contribution in [0, 0.1) is 5.82 Å². The fourth-order valence-electron chi connectivity index (χ4n) is 2.88. The van der Waals surface area contributed by atoms with Gasteiger partial charge < -0.3 is 11.1 Å². The van der Waals surface area contributed by atoms with E-state index in [0.717, 1.165) is 37.6 Å². The van der Waals surface area contributed by atoms with E-state index in [1.165, 1.54) is 28.9 Å². The maximum absolute atomic E-state index is 13.1. The predicted molar refractivity (Wildman–Crippen MR) is 133 cm³/mol. The van der Waals surface area contributed by atoms with Crippen molar-refractivity contribution in [2.75, 3.05) is 16.8 Å². The van der Waals surface area contributed by atoms with Crippen molar-refractivity contribution in [3.05, 3.63) is 59.1 Å². The van der Waals surface area contributed by atoms with Crippen LogP contribution in [0.15, 0.2) is 53.3 Å². The predicted octanol–water partition coefficient (Wildman–Crippen LogP) is 5.60. The monoisotopic (exact) mass is 461 g/mol. The van der Waals surface area contributed by atoms with Gasteiger partial charge in [0.2, 0.25) is 5.91 Å². The fraction of sp³-hybridized carbons (Fsp3) is 0.480. The lowest BCUT2D eigenvalue weighted by atomic mass is 10.1. The van der Waals surface area contributed by atoms with E-state index in [2.05, 4.69) is 56.2 Å². The zero-order chi connectivity index (χ0) is 23.9. The van der Waals surface area contributed by atoms with Gasteiger partial charge in [-0.05, 0) is 65.5 Å². The van der Waals surface area contributed by atoms with Gasteiger partial charge in [0.05, 0.1) is 18.7 Å². The SMILES string of the molecule is CC(C)=CCCC(C)=CCCC(C)=CCSCC(Nc1ccc(F)cn1)C(=O)CC(N)=O. The first-order valence-electron chi connectivity index (χ1n) is 10.9. The number of allylic oxidation sites excluding steroid dienone is 5. The van der Waals surface area contributed by atoms with E-state index >= 15 is 0 Å². The van der Waals surface area contributed by atoms with Crippen molar-refractivity contribution in [2.24, 2.45) is 5.73 Å². The summed E-state index contributed by atoms with van der Waals surface area (Å²) in [5, 5.41) is 2.98. The Balaban J connectivity index is 2.49. The smallest absolute Gasteiger partial charge is 0.224 e. The molecule has 0 saturated carbocycles. The number of pyridine rings is 1.